The molecule has 0 radical (unpaired) electrons. The van der Waals surface area contributed by atoms with Crippen molar-refractivity contribution in [2.75, 3.05) is 24.7 Å². The molecule has 2 aromatic heterocycles. The maximum absolute atomic E-state index is 11.5. The third-order valence-corrected chi connectivity index (χ3v) is 7.50. The van der Waals surface area contributed by atoms with Crippen LogP contribution in [-0.2, 0) is 4.74 Å². The fraction of sp³-hybridized carbons (Fsp3) is 0.393. The monoisotopic (exact) mass is 507 g/mol. The lowest BCUT2D eigenvalue weighted by molar-refractivity contribution is 0.144. The van der Waals surface area contributed by atoms with Gasteiger partial charge in [-0.1, -0.05) is 56.0 Å². The van der Waals surface area contributed by atoms with Gasteiger partial charge in [-0.05, 0) is 48.3 Å². The minimum absolute atomic E-state index is 0.316. The number of nitrogens with one attached hydrogen (secondary N) is 1. The lowest BCUT2D eigenvalue weighted by atomic mass is 10.0. The molecule has 0 aliphatic heterocycles. The van der Waals surface area contributed by atoms with Crippen LogP contribution in [0.5, 0.6) is 0 Å². The van der Waals surface area contributed by atoms with E-state index in [-0.39, 0.29) is 6.09 Å². The van der Waals surface area contributed by atoms with Crippen LogP contribution in [0.4, 0.5) is 4.79 Å². The number of amides is 1. The smallest absolute Gasteiger partial charge is 0.407 e. The van der Waals surface area contributed by atoms with E-state index in [1.165, 1.54) is 46.7 Å². The van der Waals surface area contributed by atoms with Gasteiger partial charge in [0, 0.05) is 40.0 Å². The number of thioether (sulfide) groups is 1. The van der Waals surface area contributed by atoms with E-state index in [4.69, 9.17) is 9.72 Å². The topological polar surface area (TPSA) is 64.1 Å². The van der Waals surface area contributed by atoms with Gasteiger partial charge in [0.15, 0.2) is 0 Å². The average molecular weight is 508 g/mol. The minimum Gasteiger partial charge on any atom is -0.450 e. The molecule has 0 saturated heterocycles. The first-order valence-electron chi connectivity index (χ1n) is 12.5. The number of hydrogen-bond donors (Lipinski definition) is 2. The lowest BCUT2D eigenvalue weighted by Gasteiger charge is -2.11. The molecule has 4 rings (SSSR count). The normalized spacial score (nSPS) is 11.3. The highest BCUT2D eigenvalue weighted by Crippen LogP contribution is 2.35. The summed E-state index contributed by atoms with van der Waals surface area (Å²) in [5, 5.41) is 7.48. The third kappa shape index (κ3) is 7.01. The quantitative estimate of drug-likeness (QED) is 0.0853. The molecule has 2 heterocycles. The molecule has 4 aromatic rings. The fourth-order valence-corrected chi connectivity index (χ4v) is 5.47. The molecular weight excluding hydrogens is 474 g/mol. The number of pyridine rings is 2. The summed E-state index contributed by atoms with van der Waals surface area (Å²) in [7, 11) is 0. The van der Waals surface area contributed by atoms with Gasteiger partial charge in [0.25, 0.3) is 0 Å². The van der Waals surface area contributed by atoms with Crippen molar-refractivity contribution in [3.8, 4) is 0 Å². The number of ether oxygens (including phenoxy) is 1. The molecule has 0 bridgehead atoms. The summed E-state index contributed by atoms with van der Waals surface area (Å²) in [6.45, 7) is 1.12. The summed E-state index contributed by atoms with van der Waals surface area (Å²) >= 11 is 6.04. The Hall–Kier alpha value is -2.51. The van der Waals surface area contributed by atoms with E-state index in [9.17, 15) is 4.79 Å². The second kappa shape index (κ2) is 13.5. The molecule has 0 fully saturated rings. The Labute approximate surface area is 216 Å². The SMILES string of the molecule is O=C(NCCCS)OCCCCCCCCSc1cc2c3ccccc3cnc2c2ncccc12. The number of rotatable bonds is 13. The number of nitrogens with zero attached hydrogens (tertiary/aromatic N) is 2. The van der Waals surface area contributed by atoms with Gasteiger partial charge < -0.3 is 10.1 Å². The summed E-state index contributed by atoms with van der Waals surface area (Å²) in [6, 6.07) is 14.9. The van der Waals surface area contributed by atoms with Crippen LogP contribution in [0.1, 0.15) is 44.9 Å². The molecule has 0 aliphatic carbocycles. The van der Waals surface area contributed by atoms with Crippen molar-refractivity contribution < 1.29 is 9.53 Å². The van der Waals surface area contributed by atoms with Gasteiger partial charge in [0.2, 0.25) is 0 Å². The number of thiol groups is 1. The van der Waals surface area contributed by atoms with Gasteiger partial charge in [-0.25, -0.2) is 4.79 Å². The minimum atomic E-state index is -0.316. The Kier molecular flexibility index (Phi) is 9.90. The standard InChI is InChI=1S/C28H33N3O2S2/c32-28(30-15-10-17-34)33-16-7-3-1-2-4-8-18-35-25-19-24-22-12-6-5-11-21(22)20-31-27(24)26-23(25)13-9-14-29-26/h5-6,9,11-14,19-20,34H,1-4,7-8,10,15-18H2,(H,30,32). The fourth-order valence-electron chi connectivity index (χ4n) is 4.22. The molecule has 1 amide bonds. The van der Waals surface area contributed by atoms with E-state index >= 15 is 0 Å². The van der Waals surface area contributed by atoms with E-state index in [1.54, 1.807) is 0 Å². The molecule has 35 heavy (non-hydrogen) atoms. The molecule has 0 atom stereocenters. The Balaban J connectivity index is 1.23. The van der Waals surface area contributed by atoms with Crippen LogP contribution < -0.4 is 5.32 Å². The Morgan fingerprint density at radius 3 is 2.54 bits per heavy atom. The maximum atomic E-state index is 11.5. The molecule has 0 spiro atoms. The number of unbranched alkanes of at least 4 members (excludes halogenated alkanes) is 5. The van der Waals surface area contributed by atoms with Crippen molar-refractivity contribution in [2.24, 2.45) is 0 Å². The van der Waals surface area contributed by atoms with Crippen LogP contribution in [0.25, 0.3) is 32.6 Å². The molecule has 2 aromatic carbocycles. The van der Waals surface area contributed by atoms with Crippen molar-refractivity contribution in [1.29, 1.82) is 0 Å². The van der Waals surface area contributed by atoms with Crippen LogP contribution in [-0.4, -0.2) is 40.7 Å². The van der Waals surface area contributed by atoms with Crippen molar-refractivity contribution in [1.82, 2.24) is 15.3 Å². The van der Waals surface area contributed by atoms with Crippen LogP contribution in [0.3, 0.4) is 0 Å². The molecule has 1 N–H and O–H groups in total. The second-order valence-electron chi connectivity index (χ2n) is 8.63. The zero-order valence-corrected chi connectivity index (χ0v) is 21.8. The molecule has 184 valence electrons. The van der Waals surface area contributed by atoms with Crippen LogP contribution in [0.2, 0.25) is 0 Å². The Morgan fingerprint density at radius 1 is 0.886 bits per heavy atom. The highest BCUT2D eigenvalue weighted by Gasteiger charge is 2.11. The van der Waals surface area contributed by atoms with E-state index in [2.05, 4.69) is 59.3 Å². The predicted octanol–water partition coefficient (Wildman–Crippen LogP) is 7.42. The third-order valence-electron chi connectivity index (χ3n) is 6.05. The Bertz CT molecular complexity index is 1270. The number of benzene rings is 2. The van der Waals surface area contributed by atoms with Crippen LogP contribution in [0, 0.1) is 0 Å². The number of carbonyl (C=O) groups is 1. The second-order valence-corrected chi connectivity index (χ2v) is 10.2. The number of aromatic nitrogens is 2. The molecule has 0 unspecified atom stereocenters. The van der Waals surface area contributed by atoms with E-state index in [0.717, 1.165) is 47.2 Å². The van der Waals surface area contributed by atoms with Gasteiger partial charge in [0.1, 0.15) is 0 Å². The Morgan fingerprint density at radius 2 is 1.66 bits per heavy atom. The van der Waals surface area contributed by atoms with E-state index in [1.807, 2.05) is 30.2 Å². The number of alkyl carbamates (subject to hydrolysis) is 1. The zero-order valence-electron chi connectivity index (χ0n) is 20.0. The summed E-state index contributed by atoms with van der Waals surface area (Å²) in [4.78, 5) is 22.2. The lowest BCUT2D eigenvalue weighted by Crippen LogP contribution is -2.25. The number of hydrogen-bond acceptors (Lipinski definition) is 6. The summed E-state index contributed by atoms with van der Waals surface area (Å²) in [5.74, 6) is 1.85. The van der Waals surface area contributed by atoms with Gasteiger partial charge in [-0.2, -0.15) is 12.6 Å². The van der Waals surface area contributed by atoms with Gasteiger partial charge in [0.05, 0.1) is 17.6 Å². The zero-order chi connectivity index (χ0) is 24.3. The van der Waals surface area contributed by atoms with Gasteiger partial charge in [-0.15, -0.1) is 11.8 Å². The van der Waals surface area contributed by atoms with E-state index < -0.39 is 0 Å². The summed E-state index contributed by atoms with van der Waals surface area (Å²) in [6.07, 6.45) is 11.2. The van der Waals surface area contributed by atoms with E-state index in [0.29, 0.717) is 13.2 Å². The maximum Gasteiger partial charge on any atom is 0.407 e. The molecular formula is C28H33N3O2S2. The molecule has 7 heteroatoms. The average Bonchev–Trinajstić information content (AvgIpc) is 2.89. The molecule has 0 aliphatic rings. The molecule has 5 nitrogen and oxygen atoms in total. The summed E-state index contributed by atoms with van der Waals surface area (Å²) < 4.78 is 5.19. The number of fused-ring (bicyclic) bond motifs is 5. The van der Waals surface area contributed by atoms with Crippen molar-refractivity contribution in [2.45, 2.75) is 49.8 Å². The van der Waals surface area contributed by atoms with Crippen LogP contribution in [0.15, 0.2) is 59.8 Å². The summed E-state index contributed by atoms with van der Waals surface area (Å²) in [5.41, 5.74) is 1.96. The predicted molar refractivity (Wildman–Crippen MR) is 151 cm³/mol. The van der Waals surface area contributed by atoms with Gasteiger partial charge >= 0.3 is 6.09 Å². The first-order chi connectivity index (χ1) is 17.3. The highest BCUT2D eigenvalue weighted by molar-refractivity contribution is 7.99. The van der Waals surface area contributed by atoms with Crippen molar-refractivity contribution in [3.63, 3.8) is 0 Å². The first kappa shape index (κ1) is 25.6. The van der Waals surface area contributed by atoms with Gasteiger partial charge in [-0.3, -0.25) is 9.97 Å². The van der Waals surface area contributed by atoms with Crippen molar-refractivity contribution in [3.05, 3.63) is 54.9 Å². The largest absolute Gasteiger partial charge is 0.450 e. The first-order valence-corrected chi connectivity index (χ1v) is 14.1. The molecule has 0 saturated carbocycles. The van der Waals surface area contributed by atoms with Crippen LogP contribution >= 0.6 is 24.4 Å². The number of carbonyl (C=O) groups excluding carboxylic acids is 1. The highest BCUT2D eigenvalue weighted by atomic mass is 32.2. The van der Waals surface area contributed by atoms with Crippen molar-refractivity contribution >= 4 is 63.1 Å².